The van der Waals surface area contributed by atoms with Crippen LogP contribution in [0.2, 0.25) is 0 Å². The second-order valence-electron chi connectivity index (χ2n) is 4.87. The van der Waals surface area contributed by atoms with E-state index in [1.54, 1.807) is 19.9 Å². The highest BCUT2D eigenvalue weighted by Crippen LogP contribution is 2.26. The molecule has 1 amide bonds. The van der Waals surface area contributed by atoms with Crippen molar-refractivity contribution in [1.82, 2.24) is 20.0 Å². The largest absolute Gasteiger partial charge is 0.466 e. The van der Waals surface area contributed by atoms with Gasteiger partial charge in [0.15, 0.2) is 0 Å². The van der Waals surface area contributed by atoms with Gasteiger partial charge in [0, 0.05) is 13.1 Å². The van der Waals surface area contributed by atoms with Crippen LogP contribution in [0.3, 0.4) is 0 Å². The van der Waals surface area contributed by atoms with Gasteiger partial charge in [0.25, 0.3) is 17.4 Å². The molecule has 0 aromatic carbocycles. The molecule has 9 heteroatoms. The molecule has 0 aliphatic carbocycles. The van der Waals surface area contributed by atoms with Crippen molar-refractivity contribution >= 4 is 11.9 Å². The van der Waals surface area contributed by atoms with E-state index in [0.717, 1.165) is 10.4 Å². The third-order valence-corrected chi connectivity index (χ3v) is 3.11. The van der Waals surface area contributed by atoms with Gasteiger partial charge >= 0.3 is 6.01 Å². The van der Waals surface area contributed by atoms with Gasteiger partial charge in [0.05, 0.1) is 5.56 Å². The van der Waals surface area contributed by atoms with Crippen LogP contribution < -0.4 is 10.9 Å². The Morgan fingerprint density at radius 1 is 1.22 bits per heavy atom. The molecule has 0 unspecified atom stereocenters. The Balaban J connectivity index is 1.81. The molecular weight excluding hydrogens is 302 g/mol. The summed E-state index contributed by atoms with van der Waals surface area (Å²) in [5.74, 6) is 1.04. The van der Waals surface area contributed by atoms with Gasteiger partial charge < -0.3 is 8.83 Å². The van der Waals surface area contributed by atoms with Gasteiger partial charge in [0.2, 0.25) is 0 Å². The normalized spacial score (nSPS) is 10.7. The van der Waals surface area contributed by atoms with E-state index in [9.17, 15) is 9.59 Å². The number of hydrogen-bond acceptors (Lipinski definition) is 7. The van der Waals surface area contributed by atoms with Crippen LogP contribution in [0.5, 0.6) is 0 Å². The summed E-state index contributed by atoms with van der Waals surface area (Å²) >= 11 is 0. The third-order valence-electron chi connectivity index (χ3n) is 3.11. The zero-order valence-corrected chi connectivity index (χ0v) is 12.7. The molecule has 23 heavy (non-hydrogen) atoms. The SMILES string of the molecule is Cc1cc(-c2nnc(NC(=O)c3ccc(=O)n(C)n3)o2)c(C)o1. The predicted molar refractivity (Wildman–Crippen MR) is 78.9 cm³/mol. The molecule has 0 aliphatic heterocycles. The number of rotatable bonds is 3. The number of hydrogen-bond donors (Lipinski definition) is 1. The minimum atomic E-state index is -0.559. The fourth-order valence-electron chi connectivity index (χ4n) is 2.01. The summed E-state index contributed by atoms with van der Waals surface area (Å²) in [5.41, 5.74) is 0.408. The summed E-state index contributed by atoms with van der Waals surface area (Å²) in [6.07, 6.45) is 0. The quantitative estimate of drug-likeness (QED) is 0.774. The number of carbonyl (C=O) groups is 1. The number of aryl methyl sites for hydroxylation is 3. The zero-order valence-electron chi connectivity index (χ0n) is 12.7. The van der Waals surface area contributed by atoms with Crippen LogP contribution in [0.1, 0.15) is 22.0 Å². The second-order valence-corrected chi connectivity index (χ2v) is 4.87. The first-order valence-corrected chi connectivity index (χ1v) is 6.70. The van der Waals surface area contributed by atoms with Crippen molar-refractivity contribution < 1.29 is 13.6 Å². The number of furan rings is 1. The molecule has 0 bridgehead atoms. The Hall–Kier alpha value is -3.23. The molecule has 3 heterocycles. The number of amides is 1. The van der Waals surface area contributed by atoms with E-state index < -0.39 is 5.91 Å². The molecule has 0 fully saturated rings. The van der Waals surface area contributed by atoms with E-state index >= 15 is 0 Å². The van der Waals surface area contributed by atoms with E-state index in [1.807, 2.05) is 0 Å². The maximum atomic E-state index is 12.1. The Morgan fingerprint density at radius 2 is 2.00 bits per heavy atom. The molecule has 0 saturated carbocycles. The van der Waals surface area contributed by atoms with Crippen molar-refractivity contribution in [2.24, 2.45) is 7.05 Å². The molecule has 0 atom stereocenters. The number of nitrogens with zero attached hydrogens (tertiary/aromatic N) is 4. The van der Waals surface area contributed by atoms with Gasteiger partial charge in [-0.05, 0) is 26.0 Å². The monoisotopic (exact) mass is 315 g/mol. The van der Waals surface area contributed by atoms with Gasteiger partial charge in [-0.1, -0.05) is 5.10 Å². The number of anilines is 1. The predicted octanol–water partition coefficient (Wildman–Crippen LogP) is 1.29. The first kappa shape index (κ1) is 14.7. The van der Waals surface area contributed by atoms with E-state index in [2.05, 4.69) is 20.6 Å². The summed E-state index contributed by atoms with van der Waals surface area (Å²) in [6, 6.07) is 4.26. The van der Waals surface area contributed by atoms with Gasteiger partial charge in [-0.2, -0.15) is 5.10 Å². The van der Waals surface area contributed by atoms with Crippen molar-refractivity contribution in [2.45, 2.75) is 13.8 Å². The van der Waals surface area contributed by atoms with Gasteiger partial charge in [-0.15, -0.1) is 5.10 Å². The third kappa shape index (κ3) is 2.89. The minimum absolute atomic E-state index is 0.0576. The first-order valence-electron chi connectivity index (χ1n) is 6.70. The Labute approximate surface area is 129 Å². The highest BCUT2D eigenvalue weighted by Gasteiger charge is 2.17. The summed E-state index contributed by atoms with van der Waals surface area (Å²) in [5, 5.41) is 13.9. The summed E-state index contributed by atoms with van der Waals surface area (Å²) < 4.78 is 11.9. The fourth-order valence-corrected chi connectivity index (χ4v) is 2.01. The standard InChI is InChI=1S/C14H13N5O4/c1-7-6-9(8(2)22-7)13-16-17-14(23-13)15-12(21)10-4-5-11(20)19(3)18-10/h4-6H,1-3H3,(H,15,17,21). The number of carbonyl (C=O) groups excluding carboxylic acids is 1. The van der Waals surface area contributed by atoms with E-state index in [0.29, 0.717) is 11.3 Å². The molecule has 0 aliphatic rings. The molecule has 3 aromatic heterocycles. The lowest BCUT2D eigenvalue weighted by Crippen LogP contribution is -2.23. The summed E-state index contributed by atoms with van der Waals surface area (Å²) in [4.78, 5) is 23.3. The van der Waals surface area contributed by atoms with Crippen molar-refractivity contribution in [2.75, 3.05) is 5.32 Å². The maximum absolute atomic E-state index is 12.1. The molecule has 0 spiro atoms. The Bertz CT molecular complexity index is 937. The molecule has 1 N–H and O–H groups in total. The minimum Gasteiger partial charge on any atom is -0.466 e. The fraction of sp³-hybridized carbons (Fsp3) is 0.214. The topological polar surface area (TPSA) is 116 Å². The van der Waals surface area contributed by atoms with Crippen molar-refractivity contribution in [3.05, 3.63) is 45.8 Å². The molecule has 3 aromatic rings. The maximum Gasteiger partial charge on any atom is 0.322 e. The zero-order chi connectivity index (χ0) is 16.6. The van der Waals surface area contributed by atoms with Gasteiger partial charge in [-0.3, -0.25) is 14.9 Å². The van der Waals surface area contributed by atoms with E-state index in [-0.39, 0.29) is 23.2 Å². The number of aromatic nitrogens is 4. The van der Waals surface area contributed by atoms with Crippen LogP contribution in [0.4, 0.5) is 6.01 Å². The lowest BCUT2D eigenvalue weighted by Gasteiger charge is -2.01. The molecule has 9 nitrogen and oxygen atoms in total. The van der Waals surface area contributed by atoms with Crippen molar-refractivity contribution in [3.8, 4) is 11.5 Å². The second kappa shape index (κ2) is 5.52. The van der Waals surface area contributed by atoms with Gasteiger partial charge in [-0.25, -0.2) is 4.68 Å². The molecule has 0 radical (unpaired) electrons. The summed E-state index contributed by atoms with van der Waals surface area (Å²) in [7, 11) is 1.45. The van der Waals surface area contributed by atoms with Crippen LogP contribution in [0.15, 0.2) is 31.8 Å². The highest BCUT2D eigenvalue weighted by molar-refractivity contribution is 6.01. The number of nitrogens with one attached hydrogen (secondary N) is 1. The van der Waals surface area contributed by atoms with E-state index in [4.69, 9.17) is 8.83 Å². The lowest BCUT2D eigenvalue weighted by atomic mass is 10.2. The van der Waals surface area contributed by atoms with Crippen LogP contribution in [-0.4, -0.2) is 25.9 Å². The van der Waals surface area contributed by atoms with Crippen LogP contribution in [0, 0.1) is 13.8 Å². The average Bonchev–Trinajstić information content (AvgIpc) is 3.08. The van der Waals surface area contributed by atoms with Crippen LogP contribution in [0.25, 0.3) is 11.5 Å². The molecular formula is C14H13N5O4. The average molecular weight is 315 g/mol. The van der Waals surface area contributed by atoms with Gasteiger partial charge in [0.1, 0.15) is 17.2 Å². The molecule has 0 saturated heterocycles. The smallest absolute Gasteiger partial charge is 0.322 e. The molecule has 118 valence electrons. The van der Waals surface area contributed by atoms with E-state index in [1.165, 1.54) is 19.2 Å². The Morgan fingerprint density at radius 3 is 2.65 bits per heavy atom. The summed E-state index contributed by atoms with van der Waals surface area (Å²) in [6.45, 7) is 3.58. The van der Waals surface area contributed by atoms with Crippen LogP contribution >= 0.6 is 0 Å². The highest BCUT2D eigenvalue weighted by atomic mass is 16.4. The van der Waals surface area contributed by atoms with Crippen molar-refractivity contribution in [3.63, 3.8) is 0 Å². The molecule has 3 rings (SSSR count). The van der Waals surface area contributed by atoms with Crippen LogP contribution in [-0.2, 0) is 7.05 Å². The Kier molecular flexibility index (Phi) is 3.53. The van der Waals surface area contributed by atoms with Crippen molar-refractivity contribution in [1.29, 1.82) is 0 Å². The first-order chi connectivity index (χ1) is 10.9. The lowest BCUT2D eigenvalue weighted by molar-refractivity contribution is 0.101.